The molecule has 0 unspecified atom stereocenters. The lowest BCUT2D eigenvalue weighted by Crippen LogP contribution is -2.52. The highest BCUT2D eigenvalue weighted by molar-refractivity contribution is 6.52. The van der Waals surface area contributed by atoms with Gasteiger partial charge in [-0.25, -0.2) is 4.98 Å². The van der Waals surface area contributed by atoms with Crippen LogP contribution in [0.15, 0.2) is 54.7 Å². The predicted octanol–water partition coefficient (Wildman–Crippen LogP) is 4.42. The maximum absolute atomic E-state index is 13.4. The van der Waals surface area contributed by atoms with Crippen LogP contribution in [0.5, 0.6) is 0 Å². The van der Waals surface area contributed by atoms with Gasteiger partial charge in [-0.2, -0.15) is 0 Å². The van der Waals surface area contributed by atoms with Gasteiger partial charge in [-0.05, 0) is 36.8 Å². The fraction of sp³-hybridized carbons (Fsp3) is 0.276. The molecule has 3 heterocycles. The number of allylic oxidation sites excluding steroid dienone is 2. The number of hydrogen-bond donors (Lipinski definition) is 2. The summed E-state index contributed by atoms with van der Waals surface area (Å²) in [4.78, 5) is 37.4. The first-order valence-corrected chi connectivity index (χ1v) is 12.3. The highest BCUT2D eigenvalue weighted by Crippen LogP contribution is 2.42. The molecule has 174 valence electrons. The van der Waals surface area contributed by atoms with Crippen LogP contribution >= 0.6 is 0 Å². The summed E-state index contributed by atoms with van der Waals surface area (Å²) in [7, 11) is 0. The van der Waals surface area contributed by atoms with E-state index in [1.165, 1.54) is 12.8 Å². The second kappa shape index (κ2) is 7.36. The molecule has 1 aliphatic heterocycles. The van der Waals surface area contributed by atoms with E-state index in [2.05, 4.69) is 27.3 Å². The van der Waals surface area contributed by atoms with Crippen LogP contribution in [0.4, 0.5) is 5.82 Å². The molecule has 2 aromatic heterocycles. The number of rotatable bonds is 3. The van der Waals surface area contributed by atoms with Crippen molar-refractivity contribution < 1.29 is 9.59 Å². The van der Waals surface area contributed by atoms with Crippen molar-refractivity contribution in [1.29, 1.82) is 0 Å². The van der Waals surface area contributed by atoms with Gasteiger partial charge in [-0.15, -0.1) is 0 Å². The maximum Gasteiger partial charge on any atom is 0.173 e. The fourth-order valence-electron chi connectivity index (χ4n) is 5.82. The average molecular weight is 463 g/mol. The summed E-state index contributed by atoms with van der Waals surface area (Å²) < 4.78 is 0. The number of aromatic nitrogens is 2. The summed E-state index contributed by atoms with van der Waals surface area (Å²) >= 11 is 0. The lowest BCUT2D eigenvalue weighted by atomic mass is 9.95. The summed E-state index contributed by atoms with van der Waals surface area (Å²) in [6.45, 7) is 4.74. The Bertz CT molecular complexity index is 1590. The number of Topliss-reactive ketones (excluding diaryl/α,β-unsaturated/α-hetero) is 2. The van der Waals surface area contributed by atoms with Crippen LogP contribution in [0.1, 0.15) is 36.1 Å². The lowest BCUT2D eigenvalue weighted by molar-refractivity contribution is -0.119. The number of ketones is 2. The van der Waals surface area contributed by atoms with Gasteiger partial charge in [0.25, 0.3) is 0 Å². The van der Waals surface area contributed by atoms with Gasteiger partial charge in [0.05, 0.1) is 17.7 Å². The molecule has 0 radical (unpaired) electrons. The van der Waals surface area contributed by atoms with Gasteiger partial charge in [0.1, 0.15) is 5.82 Å². The molecule has 6 nitrogen and oxygen atoms in total. The van der Waals surface area contributed by atoms with Crippen molar-refractivity contribution in [2.45, 2.75) is 31.7 Å². The van der Waals surface area contributed by atoms with E-state index in [1.807, 2.05) is 49.5 Å². The van der Waals surface area contributed by atoms with Crippen LogP contribution in [-0.2, 0) is 9.59 Å². The van der Waals surface area contributed by atoms with Crippen LogP contribution in [-0.4, -0.2) is 46.7 Å². The Kier molecular flexibility index (Phi) is 4.33. The molecule has 35 heavy (non-hydrogen) atoms. The topological polar surface area (TPSA) is 78.1 Å². The molecule has 0 amide bonds. The molecule has 2 aromatic carbocycles. The summed E-state index contributed by atoms with van der Waals surface area (Å²) in [5.41, 5.74) is 4.64. The molecule has 0 bridgehead atoms. The van der Waals surface area contributed by atoms with Crippen LogP contribution in [0.3, 0.4) is 0 Å². The van der Waals surface area contributed by atoms with E-state index in [4.69, 9.17) is 4.98 Å². The van der Waals surface area contributed by atoms with E-state index in [0.29, 0.717) is 16.8 Å². The second-order valence-corrected chi connectivity index (χ2v) is 10.2. The zero-order chi connectivity index (χ0) is 23.7. The lowest BCUT2D eigenvalue weighted by Gasteiger charge is -2.35. The molecule has 7 rings (SSSR count). The third-order valence-corrected chi connectivity index (χ3v) is 7.84. The number of aryl methyl sites for hydroxylation is 1. The minimum absolute atomic E-state index is 0.111. The summed E-state index contributed by atoms with van der Waals surface area (Å²) in [5, 5.41) is 6.55. The van der Waals surface area contributed by atoms with Gasteiger partial charge < -0.3 is 15.2 Å². The van der Waals surface area contributed by atoms with Gasteiger partial charge in [-0.1, -0.05) is 42.5 Å². The molecule has 1 saturated carbocycles. The number of anilines is 1. The number of pyridine rings is 1. The van der Waals surface area contributed by atoms with Crippen LogP contribution in [0.2, 0.25) is 0 Å². The molecule has 4 aromatic rings. The number of benzene rings is 2. The third-order valence-electron chi connectivity index (χ3n) is 7.84. The fourth-order valence-corrected chi connectivity index (χ4v) is 5.82. The number of carbonyl (C=O) groups is 2. The molecule has 2 fully saturated rings. The van der Waals surface area contributed by atoms with Crippen LogP contribution in [0.25, 0.3) is 32.8 Å². The Balaban J connectivity index is 1.47. The average Bonchev–Trinajstić information content (AvgIpc) is 3.33. The SMILES string of the molecule is Cc1cccc2c(C3=C(c4nc(N5CCNC6(CC6)C5)cc5ccccc45)C(=O)CC3=O)c[nH]c12. The standard InChI is InChI=1S/C29H26N4O2/c1-17-5-4-8-20-21(15-30-27(17)20)25-22(34)14-23(35)26(25)28-19-7-3-2-6-18(19)13-24(32-28)33-12-11-31-29(16-33)9-10-29/h2-8,13,15,30-31H,9-12,14,16H2,1H3. The van der Waals surface area contributed by atoms with Crippen LogP contribution < -0.4 is 10.2 Å². The number of fused-ring (bicyclic) bond motifs is 2. The van der Waals surface area contributed by atoms with Gasteiger partial charge >= 0.3 is 0 Å². The van der Waals surface area contributed by atoms with E-state index in [1.54, 1.807) is 0 Å². The third kappa shape index (κ3) is 3.17. The van der Waals surface area contributed by atoms with E-state index in [-0.39, 0.29) is 23.5 Å². The normalized spacial score (nSPS) is 19.5. The number of H-pyrrole nitrogens is 1. The highest BCUT2D eigenvalue weighted by atomic mass is 16.2. The Morgan fingerprint density at radius 3 is 2.63 bits per heavy atom. The summed E-state index contributed by atoms with van der Waals surface area (Å²) in [5.74, 6) is 0.587. The second-order valence-electron chi connectivity index (χ2n) is 10.2. The summed E-state index contributed by atoms with van der Waals surface area (Å²) in [6.07, 6.45) is 4.13. The van der Waals surface area contributed by atoms with Crippen molar-refractivity contribution in [2.75, 3.05) is 24.5 Å². The first kappa shape index (κ1) is 20.6. The molecule has 1 saturated heterocycles. The van der Waals surface area contributed by atoms with Crippen molar-refractivity contribution >= 4 is 50.2 Å². The molecule has 3 aliphatic rings. The zero-order valence-electron chi connectivity index (χ0n) is 19.6. The number of nitrogens with zero attached hydrogens (tertiary/aromatic N) is 2. The van der Waals surface area contributed by atoms with Crippen molar-refractivity contribution in [3.8, 4) is 0 Å². The highest BCUT2D eigenvalue weighted by Gasteiger charge is 2.46. The number of aromatic amines is 1. The minimum Gasteiger partial charge on any atom is -0.360 e. The molecule has 1 spiro atoms. The van der Waals surface area contributed by atoms with Gasteiger partial charge in [-0.3, -0.25) is 9.59 Å². The van der Waals surface area contributed by atoms with Gasteiger partial charge in [0.2, 0.25) is 0 Å². The quantitative estimate of drug-likeness (QED) is 0.441. The van der Waals surface area contributed by atoms with Crippen LogP contribution in [0, 0.1) is 6.92 Å². The van der Waals surface area contributed by atoms with E-state index >= 15 is 0 Å². The molecule has 6 heteroatoms. The van der Waals surface area contributed by atoms with Crippen molar-refractivity contribution in [3.05, 3.63) is 71.5 Å². The van der Waals surface area contributed by atoms with Gasteiger partial charge in [0.15, 0.2) is 11.6 Å². The van der Waals surface area contributed by atoms with Gasteiger partial charge in [0, 0.05) is 58.8 Å². The molecular weight excluding hydrogens is 436 g/mol. The minimum atomic E-state index is -0.152. The van der Waals surface area contributed by atoms with Crippen molar-refractivity contribution in [2.24, 2.45) is 0 Å². The monoisotopic (exact) mass is 462 g/mol. The molecule has 2 N–H and O–H groups in total. The predicted molar refractivity (Wildman–Crippen MR) is 138 cm³/mol. The smallest absolute Gasteiger partial charge is 0.173 e. The van der Waals surface area contributed by atoms with E-state index in [0.717, 1.165) is 58.3 Å². The maximum atomic E-state index is 13.4. The molecule has 2 aliphatic carbocycles. The number of nitrogens with one attached hydrogen (secondary N) is 2. The summed E-state index contributed by atoms with van der Waals surface area (Å²) in [6, 6.07) is 16.2. The Morgan fingerprint density at radius 1 is 0.971 bits per heavy atom. The van der Waals surface area contributed by atoms with E-state index < -0.39 is 0 Å². The van der Waals surface area contributed by atoms with Crippen molar-refractivity contribution in [1.82, 2.24) is 15.3 Å². The number of carbonyl (C=O) groups excluding carboxylic acids is 2. The first-order valence-electron chi connectivity index (χ1n) is 12.3. The zero-order valence-corrected chi connectivity index (χ0v) is 19.6. The molecular formula is C29H26N4O2. The Labute approximate surface area is 203 Å². The largest absolute Gasteiger partial charge is 0.360 e. The van der Waals surface area contributed by atoms with E-state index in [9.17, 15) is 9.59 Å². The Morgan fingerprint density at radius 2 is 1.77 bits per heavy atom. The number of piperazine rings is 1. The number of para-hydroxylation sites is 1. The number of hydrogen-bond acceptors (Lipinski definition) is 5. The first-order chi connectivity index (χ1) is 17.0. The molecule has 0 atom stereocenters. The Hall–Kier alpha value is -3.77. The van der Waals surface area contributed by atoms with Crippen molar-refractivity contribution in [3.63, 3.8) is 0 Å².